The molecule has 184 valence electrons. The molecule has 0 radical (unpaired) electrons. The molecular weight excluding hydrogens is 448 g/mol. The second kappa shape index (κ2) is 11.9. The lowest BCUT2D eigenvalue weighted by Gasteiger charge is -2.17. The first kappa shape index (κ1) is 28.3. The maximum absolute atomic E-state index is 11.9. The predicted molar refractivity (Wildman–Crippen MR) is 119 cm³/mol. The molecular formula is C24H28O10. The molecule has 0 saturated carbocycles. The minimum absolute atomic E-state index is 0.0186. The summed E-state index contributed by atoms with van der Waals surface area (Å²) in [6.07, 6.45) is 0. The van der Waals surface area contributed by atoms with Gasteiger partial charge in [0.2, 0.25) is 0 Å². The number of carbonyl (C=O) groups excluding carboxylic acids is 2. The van der Waals surface area contributed by atoms with Crippen LogP contribution in [0.5, 0.6) is 0 Å². The summed E-state index contributed by atoms with van der Waals surface area (Å²) in [4.78, 5) is 63.8. The molecule has 2 rings (SSSR count). The molecule has 0 unspecified atom stereocenters. The molecule has 0 atom stereocenters. The average Bonchev–Trinajstić information content (AvgIpc) is 2.75. The third-order valence-electron chi connectivity index (χ3n) is 3.43. The summed E-state index contributed by atoms with van der Waals surface area (Å²) in [6, 6.07) is 11.1. The van der Waals surface area contributed by atoms with Crippen LogP contribution in [0.15, 0.2) is 48.5 Å². The van der Waals surface area contributed by atoms with E-state index in [-0.39, 0.29) is 22.3 Å². The van der Waals surface area contributed by atoms with Crippen molar-refractivity contribution in [3.8, 4) is 0 Å². The molecule has 0 spiro atoms. The van der Waals surface area contributed by atoms with Gasteiger partial charge in [0.25, 0.3) is 0 Å². The molecule has 0 bridgehead atoms. The Morgan fingerprint density at radius 2 is 0.882 bits per heavy atom. The maximum Gasteiger partial charge on any atom is 0.373 e. The van der Waals surface area contributed by atoms with Gasteiger partial charge in [0.05, 0.1) is 22.3 Å². The summed E-state index contributed by atoms with van der Waals surface area (Å²) in [5, 5.41) is 17.0. The van der Waals surface area contributed by atoms with Crippen molar-refractivity contribution in [2.75, 3.05) is 0 Å². The number of rotatable bonds is 6. The molecule has 0 heterocycles. The van der Waals surface area contributed by atoms with E-state index in [0.717, 1.165) is 6.07 Å². The average molecular weight is 476 g/mol. The van der Waals surface area contributed by atoms with E-state index < -0.39 is 35.1 Å². The monoisotopic (exact) mass is 476 g/mol. The number of carboxylic acid groups (broad SMARTS) is 2. The van der Waals surface area contributed by atoms with Crippen molar-refractivity contribution >= 4 is 23.9 Å². The van der Waals surface area contributed by atoms with Gasteiger partial charge >= 0.3 is 23.9 Å². The molecule has 34 heavy (non-hydrogen) atoms. The highest BCUT2D eigenvalue weighted by atomic mass is 17.2. The van der Waals surface area contributed by atoms with Crippen LogP contribution in [0.25, 0.3) is 0 Å². The van der Waals surface area contributed by atoms with Gasteiger partial charge in [0, 0.05) is 0 Å². The molecule has 0 saturated heterocycles. The fourth-order valence-electron chi connectivity index (χ4n) is 1.98. The van der Waals surface area contributed by atoms with E-state index in [2.05, 4.69) is 0 Å². The second-order valence-corrected chi connectivity index (χ2v) is 8.90. The normalized spacial score (nSPS) is 11.0. The molecule has 2 N–H and O–H groups in total. The first-order chi connectivity index (χ1) is 15.6. The highest BCUT2D eigenvalue weighted by molar-refractivity contribution is 5.95. The van der Waals surface area contributed by atoms with Crippen molar-refractivity contribution < 1.29 is 48.9 Å². The summed E-state index contributed by atoms with van der Waals surface area (Å²) in [5.74, 6) is -3.64. The van der Waals surface area contributed by atoms with Crippen LogP contribution in [0.2, 0.25) is 0 Å². The minimum atomic E-state index is -1.13. The van der Waals surface area contributed by atoms with Gasteiger partial charge in [0.15, 0.2) is 0 Å². The number of benzene rings is 2. The molecule has 2 aromatic rings. The fourth-order valence-corrected chi connectivity index (χ4v) is 1.98. The van der Waals surface area contributed by atoms with Crippen LogP contribution in [0, 0.1) is 0 Å². The van der Waals surface area contributed by atoms with Crippen molar-refractivity contribution in [1.82, 2.24) is 0 Å². The topological polar surface area (TPSA) is 146 Å². The van der Waals surface area contributed by atoms with E-state index >= 15 is 0 Å². The quantitative estimate of drug-likeness (QED) is 0.450. The van der Waals surface area contributed by atoms with Crippen LogP contribution >= 0.6 is 0 Å². The zero-order chi connectivity index (χ0) is 26.1. The summed E-state index contributed by atoms with van der Waals surface area (Å²) in [7, 11) is 0. The van der Waals surface area contributed by atoms with Crippen LogP contribution in [-0.2, 0) is 19.6 Å². The standard InChI is InChI=1S/C16H22O6.C8H6O4/c1-15(2,3)21-19-13(17)11-8-7-9-12(10-11)14(18)20-22-16(4,5)6;9-7(10)5-2-1-3-6(4-5)8(11)12/h7-10H,1-6H3;1-4H,(H,9,10)(H,11,12). The Balaban J connectivity index is 0.000000404. The molecule has 0 amide bonds. The number of hydrogen-bond acceptors (Lipinski definition) is 8. The number of carboxylic acids is 2. The summed E-state index contributed by atoms with van der Waals surface area (Å²) in [6.45, 7) is 10.5. The van der Waals surface area contributed by atoms with Crippen molar-refractivity contribution in [2.45, 2.75) is 52.7 Å². The first-order valence-corrected chi connectivity index (χ1v) is 10.1. The van der Waals surface area contributed by atoms with Gasteiger partial charge in [-0.25, -0.2) is 19.2 Å². The number of hydrogen-bond donors (Lipinski definition) is 2. The Bertz CT molecular complexity index is 954. The Labute approximate surface area is 196 Å². The lowest BCUT2D eigenvalue weighted by molar-refractivity contribution is -0.301. The maximum atomic E-state index is 11.9. The van der Waals surface area contributed by atoms with E-state index in [4.69, 9.17) is 29.8 Å². The predicted octanol–water partition coefficient (Wildman–Crippen LogP) is 4.54. The fraction of sp³-hybridized carbons (Fsp3) is 0.333. The van der Waals surface area contributed by atoms with Gasteiger partial charge < -0.3 is 10.2 Å². The van der Waals surface area contributed by atoms with Gasteiger partial charge in [-0.2, -0.15) is 9.78 Å². The third-order valence-corrected chi connectivity index (χ3v) is 3.43. The van der Waals surface area contributed by atoms with Crippen molar-refractivity contribution in [1.29, 1.82) is 0 Å². The largest absolute Gasteiger partial charge is 0.478 e. The molecule has 0 aromatic heterocycles. The Morgan fingerprint density at radius 3 is 1.18 bits per heavy atom. The Morgan fingerprint density at radius 1 is 0.588 bits per heavy atom. The van der Waals surface area contributed by atoms with E-state index in [0.29, 0.717) is 0 Å². The summed E-state index contributed by atoms with van der Waals surface area (Å²) >= 11 is 0. The van der Waals surface area contributed by atoms with Gasteiger partial charge in [-0.15, -0.1) is 0 Å². The van der Waals surface area contributed by atoms with Crippen molar-refractivity contribution in [3.05, 3.63) is 70.8 Å². The van der Waals surface area contributed by atoms with Gasteiger partial charge in [-0.05, 0) is 77.9 Å². The van der Waals surface area contributed by atoms with E-state index in [1.165, 1.54) is 36.4 Å². The molecule has 0 fully saturated rings. The smallest absolute Gasteiger partial charge is 0.373 e. The lowest BCUT2D eigenvalue weighted by Crippen LogP contribution is -2.23. The van der Waals surface area contributed by atoms with Gasteiger partial charge in [0.1, 0.15) is 11.2 Å². The lowest BCUT2D eigenvalue weighted by atomic mass is 10.1. The second-order valence-electron chi connectivity index (χ2n) is 8.90. The Kier molecular flexibility index (Phi) is 9.91. The zero-order valence-electron chi connectivity index (χ0n) is 19.8. The molecule has 0 aliphatic carbocycles. The Hall–Kier alpha value is -3.76. The summed E-state index contributed by atoms with van der Waals surface area (Å²) < 4.78 is 0. The van der Waals surface area contributed by atoms with Gasteiger partial charge in [-0.1, -0.05) is 12.1 Å². The van der Waals surface area contributed by atoms with E-state index in [1.807, 2.05) is 0 Å². The van der Waals surface area contributed by atoms with Crippen LogP contribution in [-0.4, -0.2) is 45.3 Å². The van der Waals surface area contributed by atoms with Crippen LogP contribution < -0.4 is 0 Å². The van der Waals surface area contributed by atoms with Crippen molar-refractivity contribution in [3.63, 3.8) is 0 Å². The first-order valence-electron chi connectivity index (χ1n) is 10.1. The highest BCUT2D eigenvalue weighted by Crippen LogP contribution is 2.14. The number of aromatic carboxylic acids is 2. The third kappa shape index (κ3) is 10.7. The molecule has 0 aliphatic heterocycles. The van der Waals surface area contributed by atoms with Gasteiger partial charge in [-0.3, -0.25) is 9.78 Å². The van der Waals surface area contributed by atoms with Crippen LogP contribution in [0.4, 0.5) is 0 Å². The van der Waals surface area contributed by atoms with E-state index in [9.17, 15) is 19.2 Å². The molecule has 2 aromatic carbocycles. The van der Waals surface area contributed by atoms with Crippen LogP contribution in [0.1, 0.15) is 83.0 Å². The number of carbonyl (C=O) groups is 4. The molecule has 10 nitrogen and oxygen atoms in total. The highest BCUT2D eigenvalue weighted by Gasteiger charge is 2.20. The zero-order valence-corrected chi connectivity index (χ0v) is 19.8. The SMILES string of the molecule is CC(C)(C)OOC(=O)c1cccc(C(=O)OOC(C)(C)C)c1.O=C(O)c1cccc(C(=O)O)c1. The van der Waals surface area contributed by atoms with Crippen LogP contribution in [0.3, 0.4) is 0 Å². The molecule has 0 aliphatic rings. The summed E-state index contributed by atoms with van der Waals surface area (Å²) in [5.41, 5.74) is -0.923. The minimum Gasteiger partial charge on any atom is -0.478 e. The van der Waals surface area contributed by atoms with E-state index in [1.54, 1.807) is 47.6 Å². The molecule has 10 heteroatoms. The van der Waals surface area contributed by atoms with Crippen molar-refractivity contribution in [2.24, 2.45) is 0 Å².